The van der Waals surface area contributed by atoms with E-state index in [0.29, 0.717) is 0 Å². The molecular formula is C11H14ClN3S. The topological polar surface area (TPSA) is 28.2 Å². The van der Waals surface area contributed by atoms with Gasteiger partial charge in [-0.2, -0.15) is 4.37 Å². The summed E-state index contributed by atoms with van der Waals surface area (Å²) in [5, 5.41) is 5.99. The maximum atomic E-state index is 4.47. The molecule has 16 heavy (non-hydrogen) atoms. The minimum Gasteiger partial charge on any atom is -0.359 e. The quantitative estimate of drug-likeness (QED) is 0.846. The lowest BCUT2D eigenvalue weighted by Gasteiger charge is -2.27. The Bertz CT molecular complexity index is 465. The molecule has 0 amide bonds. The van der Waals surface area contributed by atoms with E-state index in [1.165, 1.54) is 10.4 Å². The van der Waals surface area contributed by atoms with Gasteiger partial charge in [-0.15, -0.1) is 12.4 Å². The van der Waals surface area contributed by atoms with Crippen molar-refractivity contribution in [2.24, 2.45) is 0 Å². The molecule has 0 radical (unpaired) electrons. The second-order valence-electron chi connectivity index (χ2n) is 3.74. The van der Waals surface area contributed by atoms with Crippen molar-refractivity contribution in [3.8, 4) is 0 Å². The summed E-state index contributed by atoms with van der Waals surface area (Å²) in [6.45, 7) is 4.33. The number of fused-ring (bicyclic) bond motifs is 1. The Hall–Kier alpha value is -0.840. The van der Waals surface area contributed by atoms with Gasteiger partial charge in [-0.1, -0.05) is 12.1 Å². The van der Waals surface area contributed by atoms with Gasteiger partial charge in [0.2, 0.25) is 0 Å². The summed E-state index contributed by atoms with van der Waals surface area (Å²) in [5.74, 6) is 0. The van der Waals surface area contributed by atoms with Crippen LogP contribution in [0.3, 0.4) is 0 Å². The van der Waals surface area contributed by atoms with Gasteiger partial charge in [0.1, 0.15) is 5.00 Å². The van der Waals surface area contributed by atoms with Crippen LogP contribution >= 0.6 is 23.9 Å². The number of benzene rings is 1. The molecule has 5 heteroatoms. The fraction of sp³-hybridized carbons (Fsp3) is 0.364. The van der Waals surface area contributed by atoms with Crippen LogP contribution in [0.2, 0.25) is 0 Å². The highest BCUT2D eigenvalue weighted by atomic mass is 35.5. The molecule has 0 spiro atoms. The van der Waals surface area contributed by atoms with Crippen LogP contribution in [0.5, 0.6) is 0 Å². The predicted molar refractivity (Wildman–Crippen MR) is 72.0 cm³/mol. The van der Waals surface area contributed by atoms with Crippen LogP contribution in [-0.4, -0.2) is 30.6 Å². The Kier molecular flexibility index (Phi) is 3.63. The highest BCUT2D eigenvalue weighted by Gasteiger charge is 2.15. The van der Waals surface area contributed by atoms with Crippen molar-refractivity contribution in [3.63, 3.8) is 0 Å². The number of nitrogens with one attached hydrogen (secondary N) is 1. The number of halogens is 1. The first-order chi connectivity index (χ1) is 7.45. The molecule has 0 saturated carbocycles. The average molecular weight is 256 g/mol. The van der Waals surface area contributed by atoms with E-state index in [2.05, 4.69) is 32.8 Å². The van der Waals surface area contributed by atoms with Crippen LogP contribution in [0.4, 0.5) is 5.00 Å². The maximum Gasteiger partial charge on any atom is 0.120 e. The van der Waals surface area contributed by atoms with Crippen LogP contribution in [0.15, 0.2) is 24.3 Å². The summed E-state index contributed by atoms with van der Waals surface area (Å²) in [4.78, 5) is 2.43. The zero-order chi connectivity index (χ0) is 10.1. The van der Waals surface area contributed by atoms with Crippen LogP contribution in [0, 0.1) is 0 Å². The summed E-state index contributed by atoms with van der Waals surface area (Å²) in [6.07, 6.45) is 0. The molecule has 1 N–H and O–H groups in total. The van der Waals surface area contributed by atoms with E-state index in [9.17, 15) is 0 Å². The third kappa shape index (κ3) is 2.00. The normalized spacial score (nSPS) is 16.1. The van der Waals surface area contributed by atoms with Crippen molar-refractivity contribution in [3.05, 3.63) is 24.3 Å². The van der Waals surface area contributed by atoms with E-state index in [1.54, 1.807) is 11.5 Å². The van der Waals surface area contributed by atoms with Crippen molar-refractivity contribution in [1.82, 2.24) is 9.69 Å². The second-order valence-corrected chi connectivity index (χ2v) is 4.49. The lowest BCUT2D eigenvalue weighted by Crippen LogP contribution is -2.43. The van der Waals surface area contributed by atoms with Gasteiger partial charge in [-0.3, -0.25) is 0 Å². The van der Waals surface area contributed by atoms with Crippen LogP contribution in [0.25, 0.3) is 10.9 Å². The molecule has 0 atom stereocenters. The molecule has 3 rings (SSSR count). The molecule has 86 valence electrons. The molecule has 3 nitrogen and oxygen atoms in total. The molecule has 1 aliphatic heterocycles. The molecule has 1 saturated heterocycles. The van der Waals surface area contributed by atoms with Gasteiger partial charge in [0.25, 0.3) is 0 Å². The van der Waals surface area contributed by atoms with Gasteiger partial charge in [0.15, 0.2) is 0 Å². The summed E-state index contributed by atoms with van der Waals surface area (Å²) in [5.41, 5.74) is 1.12. The van der Waals surface area contributed by atoms with Crippen molar-refractivity contribution >= 4 is 39.8 Å². The Morgan fingerprint density at radius 3 is 2.75 bits per heavy atom. The van der Waals surface area contributed by atoms with Gasteiger partial charge in [-0.05, 0) is 23.7 Å². The van der Waals surface area contributed by atoms with Crippen LogP contribution in [-0.2, 0) is 0 Å². The first kappa shape index (κ1) is 11.6. The molecule has 1 aromatic carbocycles. The van der Waals surface area contributed by atoms with Crippen LogP contribution < -0.4 is 10.2 Å². The van der Waals surface area contributed by atoms with E-state index < -0.39 is 0 Å². The van der Waals surface area contributed by atoms with E-state index >= 15 is 0 Å². The molecular weight excluding hydrogens is 242 g/mol. The van der Waals surface area contributed by atoms with Crippen LogP contribution in [0.1, 0.15) is 0 Å². The molecule has 0 aliphatic carbocycles. The number of rotatable bonds is 1. The van der Waals surface area contributed by atoms with Gasteiger partial charge >= 0.3 is 0 Å². The molecule has 2 heterocycles. The Morgan fingerprint density at radius 2 is 1.94 bits per heavy atom. The van der Waals surface area contributed by atoms with Gasteiger partial charge in [-0.25, -0.2) is 0 Å². The minimum absolute atomic E-state index is 0. The van der Waals surface area contributed by atoms with Gasteiger partial charge in [0, 0.05) is 31.6 Å². The summed E-state index contributed by atoms with van der Waals surface area (Å²) in [6, 6.07) is 8.37. The number of piperazine rings is 1. The SMILES string of the molecule is Cl.c1ccc2c(N3CCNCC3)snc2c1. The summed E-state index contributed by atoms with van der Waals surface area (Å²) in [7, 11) is 0. The predicted octanol–water partition coefficient (Wildman–Crippen LogP) is 2.13. The summed E-state index contributed by atoms with van der Waals surface area (Å²) >= 11 is 1.62. The standard InChI is InChI=1S/C11H13N3S.ClH/c1-2-4-10-9(3-1)11(15-13-10)14-7-5-12-6-8-14;/h1-4,12H,5-8H2;1H. The van der Waals surface area contributed by atoms with Gasteiger partial charge in [0.05, 0.1) is 5.52 Å². The highest BCUT2D eigenvalue weighted by molar-refractivity contribution is 7.11. The molecule has 1 fully saturated rings. The molecule has 2 aromatic rings. The van der Waals surface area contributed by atoms with E-state index in [-0.39, 0.29) is 12.4 Å². The highest BCUT2D eigenvalue weighted by Crippen LogP contribution is 2.30. The fourth-order valence-corrected chi connectivity index (χ4v) is 2.88. The number of aromatic nitrogens is 1. The lowest BCUT2D eigenvalue weighted by molar-refractivity contribution is 0.593. The Balaban J connectivity index is 0.000000963. The number of nitrogens with zero attached hydrogens (tertiary/aromatic N) is 2. The minimum atomic E-state index is 0. The summed E-state index contributed by atoms with van der Waals surface area (Å²) < 4.78 is 4.47. The third-order valence-electron chi connectivity index (χ3n) is 2.77. The van der Waals surface area contributed by atoms with Crippen molar-refractivity contribution in [1.29, 1.82) is 0 Å². The maximum absolute atomic E-state index is 4.47. The molecule has 0 unspecified atom stereocenters. The Labute approximate surface area is 105 Å². The second kappa shape index (κ2) is 4.99. The van der Waals surface area contributed by atoms with E-state index in [0.717, 1.165) is 31.7 Å². The lowest BCUT2D eigenvalue weighted by atomic mass is 10.2. The zero-order valence-electron chi connectivity index (χ0n) is 8.85. The number of hydrogen-bond acceptors (Lipinski definition) is 4. The largest absolute Gasteiger partial charge is 0.359 e. The Morgan fingerprint density at radius 1 is 1.19 bits per heavy atom. The molecule has 0 bridgehead atoms. The van der Waals surface area contributed by atoms with E-state index in [1.807, 2.05) is 6.07 Å². The number of anilines is 1. The van der Waals surface area contributed by atoms with Crippen molar-refractivity contribution in [2.75, 3.05) is 31.1 Å². The first-order valence-corrected chi connectivity index (χ1v) is 6.02. The third-order valence-corrected chi connectivity index (χ3v) is 3.71. The number of hydrogen-bond donors (Lipinski definition) is 1. The van der Waals surface area contributed by atoms with Crippen molar-refractivity contribution in [2.45, 2.75) is 0 Å². The molecule has 1 aromatic heterocycles. The van der Waals surface area contributed by atoms with E-state index in [4.69, 9.17) is 0 Å². The van der Waals surface area contributed by atoms with Crippen molar-refractivity contribution < 1.29 is 0 Å². The average Bonchev–Trinajstić information content (AvgIpc) is 2.74. The zero-order valence-corrected chi connectivity index (χ0v) is 10.5. The first-order valence-electron chi connectivity index (χ1n) is 5.25. The fourth-order valence-electron chi connectivity index (χ4n) is 1.97. The van der Waals surface area contributed by atoms with Gasteiger partial charge < -0.3 is 10.2 Å². The smallest absolute Gasteiger partial charge is 0.120 e. The molecule has 1 aliphatic rings. The monoisotopic (exact) mass is 255 g/mol.